The summed E-state index contributed by atoms with van der Waals surface area (Å²) in [4.78, 5) is 9.51. The highest BCUT2D eigenvalue weighted by Gasteiger charge is 2.13. The second kappa shape index (κ2) is 4.95. The van der Waals surface area contributed by atoms with Crippen molar-refractivity contribution in [3.63, 3.8) is 0 Å². The van der Waals surface area contributed by atoms with Crippen molar-refractivity contribution in [1.82, 2.24) is 15.3 Å². The maximum absolute atomic E-state index is 5.63. The molecule has 1 saturated heterocycles. The summed E-state index contributed by atoms with van der Waals surface area (Å²) in [5.74, 6) is 0.894. The van der Waals surface area contributed by atoms with E-state index in [1.54, 1.807) is 17.7 Å². The topological polar surface area (TPSA) is 59.1 Å². The molecular weight excluding hydrogens is 236 g/mol. The third-order valence-electron chi connectivity index (χ3n) is 2.76. The van der Waals surface area contributed by atoms with Crippen LogP contribution in [0.2, 0.25) is 0 Å². The molecule has 0 saturated carbocycles. The van der Waals surface area contributed by atoms with Crippen LogP contribution in [0.15, 0.2) is 17.8 Å². The Hall–Kier alpha value is -1.24. The third-order valence-corrected chi connectivity index (χ3v) is 3.58. The molecule has 1 atom stereocenters. The summed E-state index contributed by atoms with van der Waals surface area (Å²) in [6.07, 6.45) is 1.81. The molecule has 2 N–H and O–H groups in total. The van der Waals surface area contributed by atoms with Gasteiger partial charge in [0.15, 0.2) is 0 Å². The van der Waals surface area contributed by atoms with E-state index >= 15 is 0 Å². The molecule has 1 unspecified atom stereocenters. The lowest BCUT2D eigenvalue weighted by atomic mass is 10.3. The minimum atomic E-state index is 0.215. The smallest absolute Gasteiger partial charge is 0.138 e. The molecule has 2 aromatic rings. The van der Waals surface area contributed by atoms with Crippen LogP contribution < -0.4 is 10.6 Å². The lowest BCUT2D eigenvalue weighted by Gasteiger charge is -2.24. The fourth-order valence-corrected chi connectivity index (χ4v) is 2.62. The number of nitrogens with one attached hydrogen (secondary N) is 2. The van der Waals surface area contributed by atoms with Crippen LogP contribution >= 0.6 is 11.3 Å². The Balaban J connectivity index is 1.69. The SMILES string of the molecule is c1nc(NCC2CNCCO2)c2ccsc2n1. The molecule has 5 nitrogen and oxygen atoms in total. The highest BCUT2D eigenvalue weighted by atomic mass is 32.1. The predicted molar refractivity (Wildman–Crippen MR) is 68.5 cm³/mol. The second-order valence-corrected chi connectivity index (χ2v) is 4.83. The molecule has 1 aliphatic rings. The lowest BCUT2D eigenvalue weighted by molar-refractivity contribution is 0.0372. The van der Waals surface area contributed by atoms with Crippen molar-refractivity contribution in [3.8, 4) is 0 Å². The maximum Gasteiger partial charge on any atom is 0.138 e. The van der Waals surface area contributed by atoms with Crippen molar-refractivity contribution in [3.05, 3.63) is 17.8 Å². The van der Waals surface area contributed by atoms with E-state index in [1.165, 1.54) is 0 Å². The minimum absolute atomic E-state index is 0.215. The molecule has 0 amide bonds. The summed E-state index contributed by atoms with van der Waals surface area (Å²) in [6, 6.07) is 2.04. The number of morpholine rings is 1. The van der Waals surface area contributed by atoms with Crippen molar-refractivity contribution >= 4 is 27.4 Å². The molecule has 3 rings (SSSR count). The van der Waals surface area contributed by atoms with E-state index in [1.807, 2.05) is 11.4 Å². The summed E-state index contributed by atoms with van der Waals surface area (Å²) in [5.41, 5.74) is 0. The Morgan fingerprint density at radius 3 is 3.41 bits per heavy atom. The average molecular weight is 250 g/mol. The minimum Gasteiger partial charge on any atom is -0.374 e. The molecule has 17 heavy (non-hydrogen) atoms. The molecule has 0 aromatic carbocycles. The van der Waals surface area contributed by atoms with Crippen molar-refractivity contribution in [2.75, 3.05) is 31.6 Å². The molecule has 0 spiro atoms. The first kappa shape index (κ1) is 10.9. The number of ether oxygens (including phenoxy) is 1. The zero-order valence-corrected chi connectivity index (χ0v) is 10.2. The Bertz CT molecular complexity index is 495. The zero-order valence-electron chi connectivity index (χ0n) is 9.35. The quantitative estimate of drug-likeness (QED) is 0.854. The first-order chi connectivity index (χ1) is 8.43. The van der Waals surface area contributed by atoms with Gasteiger partial charge in [-0.3, -0.25) is 0 Å². The van der Waals surface area contributed by atoms with E-state index in [0.717, 1.165) is 42.3 Å². The lowest BCUT2D eigenvalue weighted by Crippen LogP contribution is -2.42. The number of hydrogen-bond donors (Lipinski definition) is 2. The van der Waals surface area contributed by atoms with Crippen molar-refractivity contribution in [2.45, 2.75) is 6.10 Å². The van der Waals surface area contributed by atoms with Gasteiger partial charge >= 0.3 is 0 Å². The summed E-state index contributed by atoms with van der Waals surface area (Å²) >= 11 is 1.63. The number of nitrogens with zero attached hydrogens (tertiary/aromatic N) is 2. The van der Waals surface area contributed by atoms with Crippen molar-refractivity contribution in [2.24, 2.45) is 0 Å². The van der Waals surface area contributed by atoms with Gasteiger partial charge in [-0.15, -0.1) is 11.3 Å². The Morgan fingerprint density at radius 2 is 2.53 bits per heavy atom. The first-order valence-electron chi connectivity index (χ1n) is 5.68. The van der Waals surface area contributed by atoms with Crippen LogP contribution in [0, 0.1) is 0 Å². The van der Waals surface area contributed by atoms with E-state index in [0.29, 0.717) is 0 Å². The molecule has 2 aromatic heterocycles. The van der Waals surface area contributed by atoms with Crippen LogP contribution in [-0.2, 0) is 4.74 Å². The number of anilines is 1. The summed E-state index contributed by atoms with van der Waals surface area (Å²) in [5, 5.41) is 9.76. The molecule has 1 aliphatic heterocycles. The molecule has 1 fully saturated rings. The van der Waals surface area contributed by atoms with Crippen molar-refractivity contribution in [1.29, 1.82) is 0 Å². The maximum atomic E-state index is 5.63. The van der Waals surface area contributed by atoms with E-state index in [-0.39, 0.29) is 6.10 Å². The highest BCUT2D eigenvalue weighted by molar-refractivity contribution is 7.16. The van der Waals surface area contributed by atoms with Crippen LogP contribution in [0.5, 0.6) is 0 Å². The highest BCUT2D eigenvalue weighted by Crippen LogP contribution is 2.23. The van der Waals surface area contributed by atoms with Crippen LogP contribution in [0.4, 0.5) is 5.82 Å². The monoisotopic (exact) mass is 250 g/mol. The molecule has 90 valence electrons. The third kappa shape index (κ3) is 2.38. The largest absolute Gasteiger partial charge is 0.374 e. The summed E-state index contributed by atoms with van der Waals surface area (Å²) in [6.45, 7) is 3.39. The van der Waals surface area contributed by atoms with Gasteiger partial charge in [0.05, 0.1) is 18.1 Å². The molecule has 0 aliphatic carbocycles. The average Bonchev–Trinajstić information content (AvgIpc) is 2.86. The van der Waals surface area contributed by atoms with Gasteiger partial charge in [0.1, 0.15) is 17.0 Å². The number of fused-ring (bicyclic) bond motifs is 1. The van der Waals surface area contributed by atoms with Gasteiger partial charge in [-0.05, 0) is 11.4 Å². The van der Waals surface area contributed by atoms with Gasteiger partial charge in [0.2, 0.25) is 0 Å². The fraction of sp³-hybridized carbons (Fsp3) is 0.455. The van der Waals surface area contributed by atoms with Gasteiger partial charge in [-0.2, -0.15) is 0 Å². The number of aromatic nitrogens is 2. The van der Waals surface area contributed by atoms with Crippen LogP contribution in [-0.4, -0.2) is 42.3 Å². The molecular formula is C11H14N4OS. The Labute approximate surface area is 103 Å². The second-order valence-electron chi connectivity index (χ2n) is 3.94. The zero-order chi connectivity index (χ0) is 11.5. The molecule has 6 heteroatoms. The fourth-order valence-electron chi connectivity index (χ4n) is 1.89. The first-order valence-corrected chi connectivity index (χ1v) is 6.56. The van der Waals surface area contributed by atoms with Crippen LogP contribution in [0.25, 0.3) is 10.2 Å². The van der Waals surface area contributed by atoms with E-state index in [9.17, 15) is 0 Å². The standard InChI is InChI=1S/C11H14N4OS/c1-4-17-11-9(1)10(14-7-15-11)13-6-8-5-12-2-3-16-8/h1,4,7-8,12H,2-3,5-6H2,(H,13,14,15). The Morgan fingerprint density at radius 1 is 1.53 bits per heavy atom. The molecule has 0 radical (unpaired) electrons. The van der Waals surface area contributed by atoms with Gasteiger partial charge in [0, 0.05) is 19.6 Å². The summed E-state index contributed by atoms with van der Waals surface area (Å²) < 4.78 is 5.63. The van der Waals surface area contributed by atoms with Crippen LogP contribution in [0.1, 0.15) is 0 Å². The van der Waals surface area contributed by atoms with Gasteiger partial charge < -0.3 is 15.4 Å². The Kier molecular flexibility index (Phi) is 3.17. The molecule has 0 bridgehead atoms. The number of thiophene rings is 1. The molecule has 3 heterocycles. The number of rotatable bonds is 3. The van der Waals surface area contributed by atoms with E-state index in [4.69, 9.17) is 4.74 Å². The van der Waals surface area contributed by atoms with Crippen LogP contribution in [0.3, 0.4) is 0 Å². The summed E-state index contributed by atoms with van der Waals surface area (Å²) in [7, 11) is 0. The van der Waals surface area contributed by atoms with Gasteiger partial charge in [-0.25, -0.2) is 9.97 Å². The van der Waals surface area contributed by atoms with Crippen molar-refractivity contribution < 1.29 is 4.74 Å². The van der Waals surface area contributed by atoms with Gasteiger partial charge in [-0.1, -0.05) is 0 Å². The normalized spacial score (nSPS) is 20.6. The number of hydrogen-bond acceptors (Lipinski definition) is 6. The van der Waals surface area contributed by atoms with Gasteiger partial charge in [0.25, 0.3) is 0 Å². The van der Waals surface area contributed by atoms with E-state index in [2.05, 4.69) is 20.6 Å². The van der Waals surface area contributed by atoms with E-state index < -0.39 is 0 Å². The predicted octanol–water partition coefficient (Wildman–Crippen LogP) is 1.09.